The molecule has 130 valence electrons. The van der Waals surface area contributed by atoms with E-state index in [-0.39, 0.29) is 5.82 Å². The lowest BCUT2D eigenvalue weighted by Crippen LogP contribution is -2.27. The molecule has 3 aromatic rings. The number of carbonyl (C=O) groups is 1. The molecular formula is C16H14ClN3O4S. The van der Waals surface area contributed by atoms with Crippen molar-refractivity contribution in [3.8, 4) is 11.5 Å². The van der Waals surface area contributed by atoms with Gasteiger partial charge in [-0.25, -0.2) is 9.10 Å². The maximum absolute atomic E-state index is 12.6. The first-order chi connectivity index (χ1) is 12.0. The van der Waals surface area contributed by atoms with Gasteiger partial charge in [-0.1, -0.05) is 35.6 Å². The standard InChI is InChI=1S/C16H14ClN3O4S/c1-22-11-7-6-9(17)8-10(11)20(25)16(21)18-15-14-12(23-2)4-3-5-13(14)24-19-15/h3-8,25H,1-2H3,(H,18,19,21). The lowest BCUT2D eigenvalue weighted by molar-refractivity contribution is 0.260. The third kappa shape index (κ3) is 3.31. The van der Waals surface area contributed by atoms with Crippen LogP contribution in [0.2, 0.25) is 5.02 Å². The van der Waals surface area contributed by atoms with E-state index in [0.717, 1.165) is 4.31 Å². The molecule has 0 spiro atoms. The van der Waals surface area contributed by atoms with E-state index in [9.17, 15) is 4.79 Å². The number of halogens is 1. The summed E-state index contributed by atoms with van der Waals surface area (Å²) in [6.45, 7) is 0. The van der Waals surface area contributed by atoms with Gasteiger partial charge in [0, 0.05) is 5.02 Å². The zero-order valence-corrected chi connectivity index (χ0v) is 15.0. The summed E-state index contributed by atoms with van der Waals surface area (Å²) in [6, 6.07) is 9.52. The molecule has 0 saturated heterocycles. The Hall–Kier alpha value is -2.58. The molecule has 0 aliphatic carbocycles. The van der Waals surface area contributed by atoms with Crippen LogP contribution in [-0.4, -0.2) is 25.4 Å². The van der Waals surface area contributed by atoms with Crippen molar-refractivity contribution >= 4 is 52.9 Å². The number of fused-ring (bicyclic) bond motifs is 1. The van der Waals surface area contributed by atoms with E-state index in [2.05, 4.69) is 23.3 Å². The number of anilines is 2. The van der Waals surface area contributed by atoms with Gasteiger partial charge in [0.2, 0.25) is 0 Å². The third-order valence-electron chi connectivity index (χ3n) is 3.47. The molecule has 0 saturated carbocycles. The fraction of sp³-hybridized carbons (Fsp3) is 0.125. The van der Waals surface area contributed by atoms with Crippen molar-refractivity contribution in [1.29, 1.82) is 0 Å². The van der Waals surface area contributed by atoms with Gasteiger partial charge in [0.1, 0.15) is 22.6 Å². The smallest absolute Gasteiger partial charge is 0.337 e. The molecule has 0 aliphatic rings. The first-order valence-corrected chi connectivity index (χ1v) is 7.89. The SMILES string of the molecule is COc1ccc(Cl)cc1N(S)C(=O)Nc1noc2cccc(OC)c12. The van der Waals surface area contributed by atoms with Crippen molar-refractivity contribution in [3.05, 3.63) is 41.4 Å². The van der Waals surface area contributed by atoms with Gasteiger partial charge in [-0.3, -0.25) is 5.32 Å². The Morgan fingerprint density at radius 1 is 1.24 bits per heavy atom. The van der Waals surface area contributed by atoms with E-state index in [1.54, 1.807) is 36.4 Å². The maximum Gasteiger partial charge on any atom is 0.337 e. The monoisotopic (exact) mass is 379 g/mol. The Bertz CT molecular complexity index is 931. The van der Waals surface area contributed by atoms with Gasteiger partial charge >= 0.3 is 6.03 Å². The highest BCUT2D eigenvalue weighted by Crippen LogP contribution is 2.35. The molecule has 7 nitrogen and oxygen atoms in total. The number of amides is 2. The minimum atomic E-state index is -0.565. The highest BCUT2D eigenvalue weighted by Gasteiger charge is 2.21. The van der Waals surface area contributed by atoms with Crippen molar-refractivity contribution in [2.24, 2.45) is 0 Å². The molecule has 2 aromatic carbocycles. The quantitative estimate of drug-likeness (QED) is 0.658. The number of nitrogens with zero attached hydrogens (tertiary/aromatic N) is 2. The molecule has 0 fully saturated rings. The van der Waals surface area contributed by atoms with Crippen molar-refractivity contribution < 1.29 is 18.8 Å². The van der Waals surface area contributed by atoms with E-state index in [0.29, 0.717) is 33.2 Å². The predicted molar refractivity (Wildman–Crippen MR) is 99.0 cm³/mol. The van der Waals surface area contributed by atoms with Crippen LogP contribution in [0.5, 0.6) is 11.5 Å². The zero-order valence-electron chi connectivity index (χ0n) is 13.3. The second-order valence-corrected chi connectivity index (χ2v) is 5.76. The van der Waals surface area contributed by atoms with Crippen LogP contribution in [0.3, 0.4) is 0 Å². The second kappa shape index (κ2) is 7.12. The number of methoxy groups -OCH3 is 2. The number of hydrogen-bond donors (Lipinski definition) is 2. The minimum absolute atomic E-state index is 0.220. The Labute approximate surface area is 154 Å². The van der Waals surface area contributed by atoms with Crippen LogP contribution in [-0.2, 0) is 0 Å². The minimum Gasteiger partial charge on any atom is -0.496 e. The number of ether oxygens (including phenoxy) is 2. The average molecular weight is 380 g/mol. The van der Waals surface area contributed by atoms with Gasteiger partial charge in [0.25, 0.3) is 0 Å². The zero-order chi connectivity index (χ0) is 18.0. The Kier molecular flexibility index (Phi) is 4.91. The topological polar surface area (TPSA) is 76.8 Å². The van der Waals surface area contributed by atoms with Gasteiger partial charge in [0.05, 0.1) is 14.2 Å². The molecule has 0 aliphatic heterocycles. The number of thiol groups is 1. The maximum atomic E-state index is 12.6. The van der Waals surface area contributed by atoms with Crippen molar-refractivity contribution in [2.75, 3.05) is 23.8 Å². The van der Waals surface area contributed by atoms with E-state index < -0.39 is 6.03 Å². The molecule has 0 radical (unpaired) electrons. The number of urea groups is 1. The number of nitrogens with one attached hydrogen (secondary N) is 1. The Balaban J connectivity index is 1.92. The van der Waals surface area contributed by atoms with Crippen molar-refractivity contribution in [3.63, 3.8) is 0 Å². The van der Waals surface area contributed by atoms with Gasteiger partial charge < -0.3 is 14.0 Å². The molecule has 0 unspecified atom stereocenters. The summed E-state index contributed by atoms with van der Waals surface area (Å²) in [6.07, 6.45) is 0. The predicted octanol–water partition coefficient (Wildman–Crippen LogP) is 4.38. The van der Waals surface area contributed by atoms with Gasteiger partial charge in [-0.2, -0.15) is 0 Å². The molecule has 1 N–H and O–H groups in total. The first kappa shape index (κ1) is 17.2. The molecule has 2 amide bonds. The van der Waals surface area contributed by atoms with Crippen LogP contribution in [0.4, 0.5) is 16.3 Å². The summed E-state index contributed by atoms with van der Waals surface area (Å²) < 4.78 is 16.8. The summed E-state index contributed by atoms with van der Waals surface area (Å²) >= 11 is 10.2. The summed E-state index contributed by atoms with van der Waals surface area (Å²) in [7, 11) is 3.01. The largest absolute Gasteiger partial charge is 0.496 e. The molecular weight excluding hydrogens is 366 g/mol. The van der Waals surface area contributed by atoms with Crippen molar-refractivity contribution in [2.45, 2.75) is 0 Å². The number of carbonyl (C=O) groups excluding carboxylic acids is 1. The molecule has 1 aromatic heterocycles. The van der Waals surface area contributed by atoms with Crippen LogP contribution >= 0.6 is 24.4 Å². The van der Waals surface area contributed by atoms with Crippen molar-refractivity contribution in [1.82, 2.24) is 5.16 Å². The lowest BCUT2D eigenvalue weighted by atomic mass is 10.2. The summed E-state index contributed by atoms with van der Waals surface area (Å²) in [5, 5.41) is 7.51. The molecule has 0 bridgehead atoms. The summed E-state index contributed by atoms with van der Waals surface area (Å²) in [4.78, 5) is 12.6. The van der Waals surface area contributed by atoms with Crippen LogP contribution < -0.4 is 19.1 Å². The molecule has 1 heterocycles. The van der Waals surface area contributed by atoms with Crippen LogP contribution in [0.15, 0.2) is 40.9 Å². The molecule has 3 rings (SSSR count). The third-order valence-corrected chi connectivity index (χ3v) is 4.10. The second-order valence-electron chi connectivity index (χ2n) is 4.92. The number of hydrogen-bond acceptors (Lipinski definition) is 6. The number of rotatable bonds is 4. The molecule has 9 heteroatoms. The Morgan fingerprint density at radius 3 is 2.72 bits per heavy atom. The fourth-order valence-electron chi connectivity index (χ4n) is 2.31. The number of benzene rings is 2. The van der Waals surface area contributed by atoms with Crippen LogP contribution in [0, 0.1) is 0 Å². The highest BCUT2D eigenvalue weighted by atomic mass is 35.5. The number of aromatic nitrogens is 1. The fourth-order valence-corrected chi connectivity index (χ4v) is 2.68. The van der Waals surface area contributed by atoms with Gasteiger partial charge in [-0.05, 0) is 30.3 Å². The summed E-state index contributed by atoms with van der Waals surface area (Å²) in [5.74, 6) is 1.19. The molecule has 25 heavy (non-hydrogen) atoms. The van der Waals surface area contributed by atoms with Crippen LogP contribution in [0.1, 0.15) is 0 Å². The normalized spacial score (nSPS) is 10.6. The highest BCUT2D eigenvalue weighted by molar-refractivity contribution is 7.82. The van der Waals surface area contributed by atoms with E-state index in [1.165, 1.54) is 14.2 Å². The average Bonchev–Trinajstić information content (AvgIpc) is 3.04. The van der Waals surface area contributed by atoms with E-state index >= 15 is 0 Å². The van der Waals surface area contributed by atoms with E-state index in [4.69, 9.17) is 25.6 Å². The van der Waals surface area contributed by atoms with Gasteiger partial charge in [0.15, 0.2) is 11.4 Å². The van der Waals surface area contributed by atoms with Crippen LogP contribution in [0.25, 0.3) is 11.0 Å². The van der Waals surface area contributed by atoms with Gasteiger partial charge in [-0.15, -0.1) is 0 Å². The summed E-state index contributed by atoms with van der Waals surface area (Å²) in [5.41, 5.74) is 0.872. The lowest BCUT2D eigenvalue weighted by Gasteiger charge is -2.18. The molecule has 0 atom stereocenters. The Morgan fingerprint density at radius 2 is 2.00 bits per heavy atom. The van der Waals surface area contributed by atoms with E-state index in [1.807, 2.05) is 0 Å². The first-order valence-electron chi connectivity index (χ1n) is 7.11.